The molecule has 35 heavy (non-hydrogen) atoms. The van der Waals surface area contributed by atoms with Crippen LogP contribution in [-0.4, -0.2) is 37.3 Å². The highest BCUT2D eigenvalue weighted by Gasteiger charge is 2.45. The van der Waals surface area contributed by atoms with E-state index in [2.05, 4.69) is 0 Å². The minimum atomic E-state index is -0.674. The van der Waals surface area contributed by atoms with E-state index < -0.39 is 11.8 Å². The molecular weight excluding hydrogens is 442 g/mol. The fourth-order valence-electron chi connectivity index (χ4n) is 5.14. The third kappa shape index (κ3) is 5.02. The SMILES string of the molecule is CCOC(=O)C1C(C)=NC2=C(C(=O)C[C@H](c3ccc(OC)cc3)C2)[C@@H]1c1ccccc1OC(C)C. The van der Waals surface area contributed by atoms with Gasteiger partial charge in [0.15, 0.2) is 5.78 Å². The van der Waals surface area contributed by atoms with E-state index in [-0.39, 0.29) is 30.4 Å². The van der Waals surface area contributed by atoms with Gasteiger partial charge in [-0.1, -0.05) is 30.3 Å². The molecule has 2 aliphatic rings. The van der Waals surface area contributed by atoms with Gasteiger partial charge in [-0.2, -0.15) is 0 Å². The van der Waals surface area contributed by atoms with E-state index in [0.29, 0.717) is 29.9 Å². The number of ketones is 1. The van der Waals surface area contributed by atoms with E-state index >= 15 is 0 Å². The van der Waals surface area contributed by atoms with Crippen LogP contribution >= 0.6 is 0 Å². The molecule has 2 aromatic rings. The fraction of sp³-hybridized carbons (Fsp3) is 0.414. The van der Waals surface area contributed by atoms with Crippen molar-refractivity contribution in [3.63, 3.8) is 0 Å². The van der Waals surface area contributed by atoms with E-state index in [0.717, 1.165) is 22.6 Å². The summed E-state index contributed by atoms with van der Waals surface area (Å²) in [5.74, 6) is -0.0508. The van der Waals surface area contributed by atoms with E-state index in [1.165, 1.54) is 0 Å². The monoisotopic (exact) mass is 475 g/mol. The van der Waals surface area contributed by atoms with Crippen LogP contribution in [-0.2, 0) is 14.3 Å². The summed E-state index contributed by atoms with van der Waals surface area (Å²) in [7, 11) is 1.64. The van der Waals surface area contributed by atoms with Crippen LogP contribution in [0.15, 0.2) is 64.8 Å². The number of Topliss-reactive ketones (excluding diaryl/α,β-unsaturated/α-hetero) is 1. The van der Waals surface area contributed by atoms with Gasteiger partial charge in [0.1, 0.15) is 17.4 Å². The lowest BCUT2D eigenvalue weighted by Gasteiger charge is -2.37. The predicted octanol–water partition coefficient (Wildman–Crippen LogP) is 5.62. The maximum Gasteiger partial charge on any atom is 0.315 e. The number of hydrogen-bond acceptors (Lipinski definition) is 6. The number of nitrogens with zero attached hydrogens (tertiary/aromatic N) is 1. The molecule has 0 saturated heterocycles. The number of carbonyl (C=O) groups is 2. The van der Waals surface area contributed by atoms with Crippen LogP contribution in [0.5, 0.6) is 11.5 Å². The maximum absolute atomic E-state index is 13.7. The second-order valence-electron chi connectivity index (χ2n) is 9.33. The van der Waals surface area contributed by atoms with Crippen LogP contribution in [0.2, 0.25) is 0 Å². The molecule has 0 saturated carbocycles. The summed E-state index contributed by atoms with van der Waals surface area (Å²) in [4.78, 5) is 31.7. The van der Waals surface area contributed by atoms with Gasteiger partial charge in [-0.15, -0.1) is 0 Å². The van der Waals surface area contributed by atoms with Gasteiger partial charge in [0.05, 0.1) is 19.8 Å². The summed E-state index contributed by atoms with van der Waals surface area (Å²) in [6, 6.07) is 15.5. The first-order chi connectivity index (χ1) is 16.8. The molecule has 4 rings (SSSR count). The Balaban J connectivity index is 1.81. The molecule has 2 aromatic carbocycles. The van der Waals surface area contributed by atoms with Gasteiger partial charge in [0, 0.05) is 34.9 Å². The summed E-state index contributed by atoms with van der Waals surface area (Å²) in [5.41, 5.74) is 3.92. The molecule has 0 radical (unpaired) electrons. The van der Waals surface area contributed by atoms with Gasteiger partial charge in [0.25, 0.3) is 0 Å². The first-order valence-electron chi connectivity index (χ1n) is 12.2. The molecule has 0 spiro atoms. The van der Waals surface area contributed by atoms with Gasteiger partial charge >= 0.3 is 5.97 Å². The van der Waals surface area contributed by atoms with Crippen LogP contribution in [0.4, 0.5) is 0 Å². The molecule has 1 aliphatic carbocycles. The van der Waals surface area contributed by atoms with Crippen molar-refractivity contribution in [1.29, 1.82) is 0 Å². The highest BCUT2D eigenvalue weighted by molar-refractivity contribution is 6.09. The molecule has 6 heteroatoms. The average molecular weight is 476 g/mol. The van der Waals surface area contributed by atoms with Crippen molar-refractivity contribution in [3.05, 3.63) is 70.9 Å². The average Bonchev–Trinajstić information content (AvgIpc) is 2.83. The van der Waals surface area contributed by atoms with Crippen LogP contribution < -0.4 is 9.47 Å². The van der Waals surface area contributed by atoms with E-state index in [4.69, 9.17) is 19.2 Å². The zero-order valence-corrected chi connectivity index (χ0v) is 21.0. The number of aliphatic imine (C=N–C) groups is 1. The minimum Gasteiger partial charge on any atom is -0.497 e. The quantitative estimate of drug-likeness (QED) is 0.486. The molecule has 1 unspecified atom stereocenters. The molecule has 0 bridgehead atoms. The van der Waals surface area contributed by atoms with Crippen molar-refractivity contribution >= 4 is 17.5 Å². The Morgan fingerprint density at radius 2 is 1.80 bits per heavy atom. The molecule has 0 aromatic heterocycles. The Kier molecular flexibility index (Phi) is 7.39. The number of rotatable bonds is 7. The molecule has 0 amide bonds. The van der Waals surface area contributed by atoms with Crippen molar-refractivity contribution in [2.75, 3.05) is 13.7 Å². The van der Waals surface area contributed by atoms with Crippen molar-refractivity contribution in [2.24, 2.45) is 10.9 Å². The third-order valence-electron chi connectivity index (χ3n) is 6.63. The zero-order valence-electron chi connectivity index (χ0n) is 21.0. The van der Waals surface area contributed by atoms with Gasteiger partial charge < -0.3 is 14.2 Å². The Bertz CT molecular complexity index is 1160. The summed E-state index contributed by atoms with van der Waals surface area (Å²) in [5, 5.41) is 0. The Morgan fingerprint density at radius 3 is 2.46 bits per heavy atom. The van der Waals surface area contributed by atoms with Gasteiger partial charge in [0.2, 0.25) is 0 Å². The molecular formula is C29H33NO5. The lowest BCUT2D eigenvalue weighted by molar-refractivity contribution is -0.146. The maximum atomic E-state index is 13.7. The van der Waals surface area contributed by atoms with E-state index in [1.54, 1.807) is 14.0 Å². The first kappa shape index (κ1) is 24.7. The van der Waals surface area contributed by atoms with E-state index in [1.807, 2.05) is 69.3 Å². The molecule has 0 N–H and O–H groups in total. The van der Waals surface area contributed by atoms with Gasteiger partial charge in [-0.05, 0) is 63.8 Å². The summed E-state index contributed by atoms with van der Waals surface area (Å²) in [6.45, 7) is 7.82. The lowest BCUT2D eigenvalue weighted by atomic mass is 9.69. The Labute approximate surface area is 207 Å². The number of benzene rings is 2. The van der Waals surface area contributed by atoms with Crippen molar-refractivity contribution in [3.8, 4) is 11.5 Å². The number of allylic oxidation sites excluding steroid dienone is 2. The number of hydrogen-bond donors (Lipinski definition) is 0. The molecule has 1 heterocycles. The number of para-hydroxylation sites is 1. The minimum absolute atomic E-state index is 0.0157. The van der Waals surface area contributed by atoms with Gasteiger partial charge in [-0.3, -0.25) is 14.6 Å². The van der Waals surface area contributed by atoms with Crippen LogP contribution in [0.1, 0.15) is 63.5 Å². The first-order valence-corrected chi connectivity index (χ1v) is 12.2. The Hall–Kier alpha value is -3.41. The Morgan fingerprint density at radius 1 is 1.09 bits per heavy atom. The normalized spacial score (nSPS) is 21.9. The topological polar surface area (TPSA) is 74.2 Å². The van der Waals surface area contributed by atoms with Crippen LogP contribution in [0, 0.1) is 5.92 Å². The van der Waals surface area contributed by atoms with E-state index in [9.17, 15) is 9.59 Å². The molecule has 6 nitrogen and oxygen atoms in total. The second-order valence-corrected chi connectivity index (χ2v) is 9.33. The summed E-state index contributed by atoms with van der Waals surface area (Å²) < 4.78 is 16.8. The second kappa shape index (κ2) is 10.5. The van der Waals surface area contributed by atoms with Crippen molar-refractivity contribution in [1.82, 2.24) is 0 Å². The largest absolute Gasteiger partial charge is 0.497 e. The summed E-state index contributed by atoms with van der Waals surface area (Å²) in [6.07, 6.45) is 0.939. The van der Waals surface area contributed by atoms with Crippen LogP contribution in [0.3, 0.4) is 0 Å². The number of ether oxygens (including phenoxy) is 3. The number of esters is 1. The van der Waals surface area contributed by atoms with Gasteiger partial charge in [-0.25, -0.2) is 0 Å². The highest BCUT2D eigenvalue weighted by Crippen LogP contribution is 2.48. The smallest absolute Gasteiger partial charge is 0.315 e. The van der Waals surface area contributed by atoms with Crippen molar-refractivity contribution < 1.29 is 23.8 Å². The standard InChI is InChI=1S/C29H33NO5/c1-6-34-29(32)26-18(4)30-23-15-20(19-11-13-21(33-5)14-12-19)16-24(31)28(23)27(26)22-9-7-8-10-25(22)35-17(2)3/h7-14,17,20,26-27H,6,15-16H2,1-5H3/t20-,26?,27-/m1/s1. The predicted molar refractivity (Wildman–Crippen MR) is 135 cm³/mol. The summed E-state index contributed by atoms with van der Waals surface area (Å²) >= 11 is 0. The fourth-order valence-corrected chi connectivity index (χ4v) is 5.14. The third-order valence-corrected chi connectivity index (χ3v) is 6.63. The molecule has 0 fully saturated rings. The zero-order chi connectivity index (χ0) is 25.1. The highest BCUT2D eigenvalue weighted by atomic mass is 16.5. The number of methoxy groups -OCH3 is 1. The lowest BCUT2D eigenvalue weighted by Crippen LogP contribution is -2.38. The molecule has 3 atom stereocenters. The van der Waals surface area contributed by atoms with Crippen LogP contribution in [0.25, 0.3) is 0 Å². The molecule has 184 valence electrons. The van der Waals surface area contributed by atoms with Crippen molar-refractivity contribution in [2.45, 2.75) is 58.5 Å². The number of carbonyl (C=O) groups excluding carboxylic acids is 2. The molecule has 1 aliphatic heterocycles.